The number of benzene rings is 1. The number of nitrogens with one attached hydrogen (secondary N) is 2. The van der Waals surface area contributed by atoms with E-state index in [0.717, 1.165) is 37.8 Å². The maximum absolute atomic E-state index is 11.6. The lowest BCUT2D eigenvalue weighted by Crippen LogP contribution is -2.38. The van der Waals surface area contributed by atoms with Gasteiger partial charge in [0.1, 0.15) is 6.61 Å². The first-order chi connectivity index (χ1) is 11.2. The van der Waals surface area contributed by atoms with Gasteiger partial charge in [0.05, 0.1) is 0 Å². The summed E-state index contributed by atoms with van der Waals surface area (Å²) < 4.78 is 5.17. The molecule has 2 unspecified atom stereocenters. The molecule has 128 valence electrons. The molecule has 0 saturated carbocycles. The van der Waals surface area contributed by atoms with Crippen LogP contribution in [0.2, 0.25) is 0 Å². The van der Waals surface area contributed by atoms with E-state index in [1.165, 1.54) is 0 Å². The quantitative estimate of drug-likeness (QED) is 0.643. The van der Waals surface area contributed by atoms with E-state index >= 15 is 0 Å². The third kappa shape index (κ3) is 6.20. The second-order valence-corrected chi connectivity index (χ2v) is 6.41. The van der Waals surface area contributed by atoms with Crippen molar-refractivity contribution in [1.82, 2.24) is 10.6 Å². The van der Waals surface area contributed by atoms with E-state index in [1.807, 2.05) is 30.3 Å². The zero-order chi connectivity index (χ0) is 16.5. The number of hydrogen-bond donors (Lipinski definition) is 3. The number of carbonyl (C=O) groups excluding carboxylic acids is 1. The standard InChI is InChI=1S/C18H29N3O2/c1-14-12-21-16(17(14)19)10-6-3-7-11-20-18(22)23-13-15-8-4-2-5-9-15/h2,4-5,8-9,14,16-17,21H,3,6-7,10-13,19H2,1H3,(H,20,22)/t14?,16-,17?/m0/s1. The Hall–Kier alpha value is -1.59. The number of nitrogens with two attached hydrogens (primary N) is 1. The molecular weight excluding hydrogens is 290 g/mol. The highest BCUT2D eigenvalue weighted by Crippen LogP contribution is 2.17. The number of carbonyl (C=O) groups is 1. The molecule has 1 amide bonds. The smallest absolute Gasteiger partial charge is 0.407 e. The van der Waals surface area contributed by atoms with Gasteiger partial charge < -0.3 is 21.1 Å². The van der Waals surface area contributed by atoms with Gasteiger partial charge in [-0.3, -0.25) is 0 Å². The lowest BCUT2D eigenvalue weighted by Gasteiger charge is -2.17. The molecule has 4 N–H and O–H groups in total. The van der Waals surface area contributed by atoms with Crippen LogP contribution in [-0.4, -0.2) is 31.3 Å². The van der Waals surface area contributed by atoms with Crippen LogP contribution in [0.25, 0.3) is 0 Å². The average Bonchev–Trinajstić information content (AvgIpc) is 2.89. The highest BCUT2D eigenvalue weighted by Gasteiger charge is 2.28. The van der Waals surface area contributed by atoms with Crippen LogP contribution < -0.4 is 16.4 Å². The first-order valence-corrected chi connectivity index (χ1v) is 8.60. The van der Waals surface area contributed by atoms with Gasteiger partial charge in [0.25, 0.3) is 0 Å². The van der Waals surface area contributed by atoms with Crippen LogP contribution in [0.4, 0.5) is 4.79 Å². The van der Waals surface area contributed by atoms with Gasteiger partial charge in [0.15, 0.2) is 0 Å². The fourth-order valence-electron chi connectivity index (χ4n) is 2.93. The Kier molecular flexibility index (Phi) is 7.36. The summed E-state index contributed by atoms with van der Waals surface area (Å²) in [6.45, 7) is 4.20. The Morgan fingerprint density at radius 2 is 2.09 bits per heavy atom. The SMILES string of the molecule is CC1CN[C@@H](CCCCCNC(=O)OCc2ccccc2)C1N. The molecule has 5 heteroatoms. The molecule has 0 bridgehead atoms. The Morgan fingerprint density at radius 1 is 1.30 bits per heavy atom. The van der Waals surface area contributed by atoms with E-state index in [9.17, 15) is 4.79 Å². The normalized spacial score (nSPS) is 23.7. The van der Waals surface area contributed by atoms with Crippen LogP contribution in [0.5, 0.6) is 0 Å². The molecule has 23 heavy (non-hydrogen) atoms. The molecule has 3 atom stereocenters. The lowest BCUT2D eigenvalue weighted by molar-refractivity contribution is 0.139. The number of unbranched alkanes of at least 4 members (excludes halogenated alkanes) is 2. The molecule has 1 aliphatic rings. The third-order valence-electron chi connectivity index (χ3n) is 4.50. The van der Waals surface area contributed by atoms with Crippen LogP contribution in [0.15, 0.2) is 30.3 Å². The molecule has 0 aliphatic carbocycles. The van der Waals surface area contributed by atoms with Crippen LogP contribution >= 0.6 is 0 Å². The van der Waals surface area contributed by atoms with Crippen LogP contribution in [0.1, 0.15) is 38.2 Å². The zero-order valence-corrected chi connectivity index (χ0v) is 14.0. The van der Waals surface area contributed by atoms with Crippen molar-refractivity contribution in [3.05, 3.63) is 35.9 Å². The van der Waals surface area contributed by atoms with E-state index in [-0.39, 0.29) is 12.1 Å². The van der Waals surface area contributed by atoms with Crippen molar-refractivity contribution < 1.29 is 9.53 Å². The van der Waals surface area contributed by atoms with Crippen molar-refractivity contribution in [2.75, 3.05) is 13.1 Å². The van der Waals surface area contributed by atoms with Crippen molar-refractivity contribution in [2.45, 2.75) is 51.3 Å². The highest BCUT2D eigenvalue weighted by atomic mass is 16.5. The monoisotopic (exact) mass is 319 g/mol. The highest BCUT2D eigenvalue weighted by molar-refractivity contribution is 5.67. The van der Waals surface area contributed by atoms with E-state index in [4.69, 9.17) is 10.5 Å². The Balaban J connectivity index is 1.46. The Bertz CT molecular complexity index is 467. The topological polar surface area (TPSA) is 76.4 Å². The average molecular weight is 319 g/mol. The van der Waals surface area contributed by atoms with Crippen molar-refractivity contribution in [3.63, 3.8) is 0 Å². The minimum Gasteiger partial charge on any atom is -0.445 e. The summed E-state index contributed by atoms with van der Waals surface area (Å²) in [4.78, 5) is 11.6. The van der Waals surface area contributed by atoms with Gasteiger partial charge in [0.2, 0.25) is 0 Å². The van der Waals surface area contributed by atoms with Crippen LogP contribution in [0, 0.1) is 5.92 Å². The van der Waals surface area contributed by atoms with E-state index in [0.29, 0.717) is 25.1 Å². The number of rotatable bonds is 8. The van der Waals surface area contributed by atoms with Gasteiger partial charge in [0, 0.05) is 18.6 Å². The predicted octanol–water partition coefficient (Wildman–Crippen LogP) is 2.41. The molecule has 0 aromatic heterocycles. The van der Waals surface area contributed by atoms with Gasteiger partial charge in [-0.25, -0.2) is 4.79 Å². The second-order valence-electron chi connectivity index (χ2n) is 6.41. The summed E-state index contributed by atoms with van der Waals surface area (Å²) in [5.74, 6) is 0.570. The molecule has 1 heterocycles. The summed E-state index contributed by atoms with van der Waals surface area (Å²) in [6, 6.07) is 10.4. The van der Waals surface area contributed by atoms with E-state index in [2.05, 4.69) is 17.6 Å². The number of alkyl carbamates (subject to hydrolysis) is 1. The van der Waals surface area contributed by atoms with Gasteiger partial charge in [-0.05, 0) is 30.9 Å². The maximum Gasteiger partial charge on any atom is 0.407 e. The minimum absolute atomic E-state index is 0.279. The number of amides is 1. The fraction of sp³-hybridized carbons (Fsp3) is 0.611. The second kappa shape index (κ2) is 9.53. The summed E-state index contributed by atoms with van der Waals surface area (Å²) >= 11 is 0. The molecular formula is C18H29N3O2. The predicted molar refractivity (Wildman–Crippen MR) is 92.0 cm³/mol. The molecule has 1 fully saturated rings. The van der Waals surface area contributed by atoms with Gasteiger partial charge in [-0.15, -0.1) is 0 Å². The summed E-state index contributed by atoms with van der Waals surface area (Å²) in [5, 5.41) is 6.28. The van der Waals surface area contributed by atoms with Gasteiger partial charge in [-0.1, -0.05) is 50.1 Å². The van der Waals surface area contributed by atoms with Crippen LogP contribution in [0.3, 0.4) is 0 Å². The third-order valence-corrected chi connectivity index (χ3v) is 4.50. The molecule has 0 radical (unpaired) electrons. The van der Waals surface area contributed by atoms with Crippen LogP contribution in [-0.2, 0) is 11.3 Å². The van der Waals surface area contributed by atoms with Crippen molar-refractivity contribution in [2.24, 2.45) is 11.7 Å². The van der Waals surface area contributed by atoms with Gasteiger partial charge >= 0.3 is 6.09 Å². The summed E-state index contributed by atoms with van der Waals surface area (Å²) in [7, 11) is 0. The van der Waals surface area contributed by atoms with Gasteiger partial charge in [-0.2, -0.15) is 0 Å². The summed E-state index contributed by atoms with van der Waals surface area (Å²) in [5.41, 5.74) is 7.15. The zero-order valence-electron chi connectivity index (χ0n) is 14.0. The molecule has 5 nitrogen and oxygen atoms in total. The molecule has 0 spiro atoms. The summed E-state index contributed by atoms with van der Waals surface area (Å²) in [6.07, 6.45) is 3.97. The lowest BCUT2D eigenvalue weighted by atomic mass is 9.97. The largest absolute Gasteiger partial charge is 0.445 e. The van der Waals surface area contributed by atoms with E-state index in [1.54, 1.807) is 0 Å². The van der Waals surface area contributed by atoms with Crippen molar-refractivity contribution in [3.8, 4) is 0 Å². The molecule has 1 aromatic rings. The molecule has 1 saturated heterocycles. The first kappa shape index (κ1) is 17.8. The van der Waals surface area contributed by atoms with E-state index < -0.39 is 0 Å². The van der Waals surface area contributed by atoms with Crippen molar-refractivity contribution >= 4 is 6.09 Å². The maximum atomic E-state index is 11.6. The molecule has 2 rings (SSSR count). The Morgan fingerprint density at radius 3 is 2.78 bits per heavy atom. The molecule has 1 aromatic carbocycles. The minimum atomic E-state index is -0.345. The number of hydrogen-bond acceptors (Lipinski definition) is 4. The first-order valence-electron chi connectivity index (χ1n) is 8.60. The number of ether oxygens (including phenoxy) is 1. The fourth-order valence-corrected chi connectivity index (χ4v) is 2.93. The Labute approximate surface area is 139 Å². The van der Waals surface area contributed by atoms with Crippen molar-refractivity contribution in [1.29, 1.82) is 0 Å². The molecule has 1 aliphatic heterocycles.